The van der Waals surface area contributed by atoms with Crippen LogP contribution in [0.4, 0.5) is 4.39 Å². The van der Waals surface area contributed by atoms with Crippen LogP contribution in [0.3, 0.4) is 0 Å². The summed E-state index contributed by atoms with van der Waals surface area (Å²) >= 11 is 6.01. The number of oxazole rings is 1. The van der Waals surface area contributed by atoms with Crippen molar-refractivity contribution in [3.05, 3.63) is 52.8 Å². The van der Waals surface area contributed by atoms with Crippen molar-refractivity contribution >= 4 is 22.7 Å². The van der Waals surface area contributed by atoms with Gasteiger partial charge in [-0.15, -0.1) is 0 Å². The maximum absolute atomic E-state index is 13.6. The lowest BCUT2D eigenvalue weighted by molar-refractivity contribution is 0.593. The van der Waals surface area contributed by atoms with E-state index in [0.29, 0.717) is 21.7 Å². The third-order valence-corrected chi connectivity index (χ3v) is 3.18. The zero-order valence-corrected chi connectivity index (χ0v) is 10.3. The molecule has 0 amide bonds. The fourth-order valence-electron chi connectivity index (χ4n) is 1.80. The van der Waals surface area contributed by atoms with Crippen LogP contribution in [0.25, 0.3) is 22.6 Å². The van der Waals surface area contributed by atoms with Crippen LogP contribution < -0.4 is 0 Å². The molecule has 0 saturated carbocycles. The average molecular weight is 262 g/mol. The molecule has 0 radical (unpaired) electrons. The van der Waals surface area contributed by atoms with Crippen LogP contribution in [0.15, 0.2) is 40.8 Å². The molecule has 3 aromatic rings. The molecule has 2 aromatic carbocycles. The number of rotatable bonds is 1. The smallest absolute Gasteiger partial charge is 0.230 e. The number of hydrogen-bond donors (Lipinski definition) is 0. The highest BCUT2D eigenvalue weighted by atomic mass is 35.5. The minimum Gasteiger partial charge on any atom is -0.436 e. The van der Waals surface area contributed by atoms with E-state index in [9.17, 15) is 4.39 Å². The molecule has 0 aliphatic heterocycles. The van der Waals surface area contributed by atoms with E-state index in [1.165, 1.54) is 6.07 Å². The number of halogens is 2. The Morgan fingerprint density at radius 2 is 2.00 bits per heavy atom. The van der Waals surface area contributed by atoms with E-state index >= 15 is 0 Å². The molecule has 1 heterocycles. The summed E-state index contributed by atoms with van der Waals surface area (Å²) in [4.78, 5) is 4.28. The summed E-state index contributed by atoms with van der Waals surface area (Å²) in [7, 11) is 0. The number of aromatic nitrogens is 1. The van der Waals surface area contributed by atoms with Gasteiger partial charge in [-0.3, -0.25) is 0 Å². The lowest BCUT2D eigenvalue weighted by Gasteiger charge is -1.95. The van der Waals surface area contributed by atoms with Gasteiger partial charge in [0.2, 0.25) is 5.89 Å². The number of benzene rings is 2. The van der Waals surface area contributed by atoms with E-state index < -0.39 is 0 Å². The van der Waals surface area contributed by atoms with Crippen molar-refractivity contribution in [3.8, 4) is 11.5 Å². The molecule has 0 saturated heterocycles. The maximum Gasteiger partial charge on any atom is 0.230 e. The molecule has 2 nitrogen and oxygen atoms in total. The van der Waals surface area contributed by atoms with E-state index in [2.05, 4.69) is 4.98 Å². The minimum absolute atomic E-state index is 0.268. The highest BCUT2D eigenvalue weighted by molar-refractivity contribution is 6.32. The number of aryl methyl sites for hydroxylation is 1. The molecule has 3 rings (SSSR count). The van der Waals surface area contributed by atoms with Gasteiger partial charge in [0.05, 0.1) is 5.56 Å². The van der Waals surface area contributed by atoms with Crippen molar-refractivity contribution in [1.29, 1.82) is 0 Å². The van der Waals surface area contributed by atoms with E-state index in [0.717, 1.165) is 5.56 Å². The molecule has 0 N–H and O–H groups in total. The molecule has 90 valence electrons. The lowest BCUT2D eigenvalue weighted by atomic mass is 10.2. The van der Waals surface area contributed by atoms with Crippen molar-refractivity contribution in [2.75, 3.05) is 0 Å². The van der Waals surface area contributed by atoms with Crippen molar-refractivity contribution < 1.29 is 8.81 Å². The standard InChI is InChI=1S/C14H9ClFNO/c1-8-6-12-13(7-10(8)15)18-14(17-12)9-4-2-3-5-11(9)16/h2-7H,1H3. The Bertz CT molecular complexity index is 697. The van der Waals surface area contributed by atoms with Gasteiger partial charge in [0, 0.05) is 11.1 Å². The van der Waals surface area contributed by atoms with Crippen LogP contribution in [0, 0.1) is 12.7 Å². The molecular weight excluding hydrogens is 253 g/mol. The number of nitrogens with zero attached hydrogens (tertiary/aromatic N) is 1. The fraction of sp³-hybridized carbons (Fsp3) is 0.0714. The second-order valence-corrected chi connectivity index (χ2v) is 4.48. The monoisotopic (exact) mass is 261 g/mol. The topological polar surface area (TPSA) is 26.0 Å². The summed E-state index contributed by atoms with van der Waals surface area (Å²) in [5, 5.41) is 0.610. The van der Waals surface area contributed by atoms with Gasteiger partial charge in [0.1, 0.15) is 11.3 Å². The lowest BCUT2D eigenvalue weighted by Crippen LogP contribution is -1.82. The van der Waals surface area contributed by atoms with Crippen LogP contribution in [-0.4, -0.2) is 4.98 Å². The first kappa shape index (κ1) is 11.2. The Balaban J connectivity index is 2.23. The Morgan fingerprint density at radius 3 is 2.78 bits per heavy atom. The van der Waals surface area contributed by atoms with Crippen LogP contribution >= 0.6 is 11.6 Å². The molecule has 0 spiro atoms. The van der Waals surface area contributed by atoms with Crippen molar-refractivity contribution in [2.45, 2.75) is 6.92 Å². The SMILES string of the molecule is Cc1cc2nc(-c3ccccc3F)oc2cc1Cl. The second-order valence-electron chi connectivity index (χ2n) is 4.07. The van der Waals surface area contributed by atoms with Crippen molar-refractivity contribution in [1.82, 2.24) is 4.98 Å². The van der Waals surface area contributed by atoms with E-state index in [1.54, 1.807) is 24.3 Å². The van der Waals surface area contributed by atoms with Crippen LogP contribution in [0.5, 0.6) is 0 Å². The first-order chi connectivity index (χ1) is 8.65. The van der Waals surface area contributed by atoms with Crippen LogP contribution in [0.1, 0.15) is 5.56 Å². The Labute approximate surface area is 108 Å². The molecule has 0 aliphatic carbocycles. The Morgan fingerprint density at radius 1 is 1.22 bits per heavy atom. The highest BCUT2D eigenvalue weighted by Gasteiger charge is 2.12. The van der Waals surface area contributed by atoms with E-state index in [4.69, 9.17) is 16.0 Å². The van der Waals surface area contributed by atoms with Gasteiger partial charge < -0.3 is 4.42 Å². The summed E-state index contributed by atoms with van der Waals surface area (Å²) in [6, 6.07) is 9.90. The Kier molecular flexibility index (Phi) is 2.56. The van der Waals surface area contributed by atoms with Crippen LogP contribution in [0.2, 0.25) is 5.02 Å². The minimum atomic E-state index is -0.355. The zero-order valence-electron chi connectivity index (χ0n) is 9.58. The molecule has 0 bridgehead atoms. The molecular formula is C14H9ClFNO. The zero-order chi connectivity index (χ0) is 12.7. The van der Waals surface area contributed by atoms with Gasteiger partial charge in [0.25, 0.3) is 0 Å². The largest absolute Gasteiger partial charge is 0.436 e. The molecule has 18 heavy (non-hydrogen) atoms. The number of fused-ring (bicyclic) bond motifs is 1. The third kappa shape index (κ3) is 1.77. The van der Waals surface area contributed by atoms with Gasteiger partial charge in [0.15, 0.2) is 5.58 Å². The predicted octanol–water partition coefficient (Wildman–Crippen LogP) is 4.60. The van der Waals surface area contributed by atoms with Crippen molar-refractivity contribution in [2.24, 2.45) is 0 Å². The van der Waals surface area contributed by atoms with Gasteiger partial charge >= 0.3 is 0 Å². The number of hydrogen-bond acceptors (Lipinski definition) is 2. The molecule has 4 heteroatoms. The highest BCUT2D eigenvalue weighted by Crippen LogP contribution is 2.29. The van der Waals surface area contributed by atoms with Crippen molar-refractivity contribution in [3.63, 3.8) is 0 Å². The summed E-state index contributed by atoms with van der Waals surface area (Å²) in [5.74, 6) is -0.0864. The molecule has 0 fully saturated rings. The molecule has 0 atom stereocenters. The first-order valence-electron chi connectivity index (χ1n) is 5.47. The third-order valence-electron chi connectivity index (χ3n) is 2.77. The Hall–Kier alpha value is -1.87. The van der Waals surface area contributed by atoms with E-state index in [1.807, 2.05) is 13.0 Å². The average Bonchev–Trinajstić information content (AvgIpc) is 2.73. The second kappa shape index (κ2) is 4.10. The summed E-state index contributed by atoms with van der Waals surface area (Å²) in [6.45, 7) is 1.89. The van der Waals surface area contributed by atoms with Gasteiger partial charge in [-0.2, -0.15) is 0 Å². The normalized spacial score (nSPS) is 11.1. The fourth-order valence-corrected chi connectivity index (χ4v) is 1.96. The summed E-state index contributed by atoms with van der Waals surface area (Å²) in [5.41, 5.74) is 2.50. The molecule has 1 aromatic heterocycles. The molecule has 0 aliphatic rings. The maximum atomic E-state index is 13.6. The predicted molar refractivity (Wildman–Crippen MR) is 69.2 cm³/mol. The van der Waals surface area contributed by atoms with E-state index in [-0.39, 0.29) is 11.7 Å². The quantitative estimate of drug-likeness (QED) is 0.640. The van der Waals surface area contributed by atoms with Crippen LogP contribution in [-0.2, 0) is 0 Å². The first-order valence-corrected chi connectivity index (χ1v) is 5.84. The summed E-state index contributed by atoms with van der Waals surface area (Å²) < 4.78 is 19.2. The van der Waals surface area contributed by atoms with Gasteiger partial charge in [-0.05, 0) is 30.7 Å². The summed E-state index contributed by atoms with van der Waals surface area (Å²) in [6.07, 6.45) is 0. The molecule has 0 unspecified atom stereocenters. The van der Waals surface area contributed by atoms with Gasteiger partial charge in [-0.1, -0.05) is 23.7 Å². The van der Waals surface area contributed by atoms with Gasteiger partial charge in [-0.25, -0.2) is 9.37 Å².